The molecule has 0 saturated carbocycles. The van der Waals surface area contributed by atoms with E-state index in [0.717, 1.165) is 22.2 Å². The van der Waals surface area contributed by atoms with E-state index in [9.17, 15) is 4.79 Å². The Bertz CT molecular complexity index is 827. The summed E-state index contributed by atoms with van der Waals surface area (Å²) >= 11 is 1.73. The number of anilines is 1. The molecule has 1 amide bonds. The van der Waals surface area contributed by atoms with Gasteiger partial charge in [-0.15, -0.1) is 11.8 Å². The van der Waals surface area contributed by atoms with Gasteiger partial charge in [-0.05, 0) is 23.8 Å². The molecule has 5 heteroatoms. The molecule has 4 rings (SSSR count). The lowest BCUT2D eigenvalue weighted by Gasteiger charge is -2.10. The molecule has 0 spiro atoms. The van der Waals surface area contributed by atoms with Crippen LogP contribution in [0.25, 0.3) is 10.9 Å². The van der Waals surface area contributed by atoms with Crippen molar-refractivity contribution in [3.05, 3.63) is 54.1 Å². The molecule has 0 aliphatic carbocycles. The fraction of sp³-hybridized carbons (Fsp3) is 0.125. The number of para-hydroxylation sites is 1. The number of nitrogens with one attached hydrogen (secondary N) is 2. The van der Waals surface area contributed by atoms with Gasteiger partial charge in [-0.3, -0.25) is 9.89 Å². The summed E-state index contributed by atoms with van der Waals surface area (Å²) in [5.74, 6) is 1.28. The van der Waals surface area contributed by atoms with Crippen molar-refractivity contribution in [2.45, 2.75) is 10.8 Å². The van der Waals surface area contributed by atoms with Crippen molar-refractivity contribution in [2.24, 2.45) is 0 Å². The number of thioether (sulfide) groups is 1. The first-order valence-electron chi connectivity index (χ1n) is 6.78. The number of nitrogens with zero attached hydrogens (tertiary/aromatic N) is 1. The summed E-state index contributed by atoms with van der Waals surface area (Å²) in [6, 6.07) is 15.9. The molecule has 1 aromatic heterocycles. The van der Waals surface area contributed by atoms with Crippen molar-refractivity contribution in [3.8, 4) is 0 Å². The van der Waals surface area contributed by atoms with Crippen LogP contribution in [-0.4, -0.2) is 21.9 Å². The van der Waals surface area contributed by atoms with Gasteiger partial charge in [-0.25, -0.2) is 0 Å². The maximum Gasteiger partial charge on any atom is 0.234 e. The van der Waals surface area contributed by atoms with Crippen molar-refractivity contribution < 1.29 is 4.79 Å². The van der Waals surface area contributed by atoms with Gasteiger partial charge in [0, 0.05) is 16.0 Å². The standard InChI is InChI=1S/C16H13N3OS/c20-16(12-9-21-14-8-4-2-5-10(12)14)17-15-11-6-1-3-7-13(11)18-19-15/h1-8,12H,9H2,(H2,17,18,19,20). The minimum Gasteiger partial charge on any atom is -0.308 e. The second kappa shape index (κ2) is 4.93. The summed E-state index contributed by atoms with van der Waals surface area (Å²) in [5.41, 5.74) is 2.04. The van der Waals surface area contributed by atoms with E-state index in [1.807, 2.05) is 42.5 Å². The van der Waals surface area contributed by atoms with Crippen LogP contribution in [0, 0.1) is 0 Å². The Labute approximate surface area is 125 Å². The second-order valence-corrected chi connectivity index (χ2v) is 6.07. The van der Waals surface area contributed by atoms with E-state index in [4.69, 9.17) is 0 Å². The van der Waals surface area contributed by atoms with Crippen molar-refractivity contribution in [1.82, 2.24) is 10.2 Å². The summed E-state index contributed by atoms with van der Waals surface area (Å²) in [5, 5.41) is 11.0. The SMILES string of the molecule is O=C(Nc1n[nH]c2ccccc12)C1CSc2ccccc21. The molecule has 104 valence electrons. The average molecular weight is 295 g/mol. The number of carbonyl (C=O) groups is 1. The molecule has 21 heavy (non-hydrogen) atoms. The summed E-state index contributed by atoms with van der Waals surface area (Å²) in [7, 11) is 0. The molecule has 0 bridgehead atoms. The molecule has 2 aromatic carbocycles. The Kier molecular flexibility index (Phi) is 2.93. The number of carbonyl (C=O) groups excluding carboxylic acids is 1. The number of amides is 1. The zero-order chi connectivity index (χ0) is 14.2. The van der Waals surface area contributed by atoms with Crippen LogP contribution in [0.15, 0.2) is 53.4 Å². The van der Waals surface area contributed by atoms with Gasteiger partial charge in [0.25, 0.3) is 0 Å². The molecule has 1 unspecified atom stereocenters. The van der Waals surface area contributed by atoms with Crippen LogP contribution < -0.4 is 5.32 Å². The monoisotopic (exact) mass is 295 g/mol. The third-order valence-corrected chi connectivity index (χ3v) is 4.91. The van der Waals surface area contributed by atoms with Crippen molar-refractivity contribution in [3.63, 3.8) is 0 Å². The third-order valence-electron chi connectivity index (χ3n) is 3.73. The molecular formula is C16H13N3OS. The number of rotatable bonds is 2. The highest BCUT2D eigenvalue weighted by atomic mass is 32.2. The lowest BCUT2D eigenvalue weighted by atomic mass is 10.0. The number of benzene rings is 2. The topological polar surface area (TPSA) is 57.8 Å². The molecule has 3 aromatic rings. The van der Waals surface area contributed by atoms with E-state index in [2.05, 4.69) is 21.6 Å². The molecule has 1 aliphatic rings. The Morgan fingerprint density at radius 2 is 2.00 bits per heavy atom. The van der Waals surface area contributed by atoms with Crippen molar-refractivity contribution in [2.75, 3.05) is 11.1 Å². The molecule has 2 N–H and O–H groups in total. The largest absolute Gasteiger partial charge is 0.308 e. The number of aromatic amines is 1. The van der Waals surface area contributed by atoms with Crippen LogP contribution in [0.3, 0.4) is 0 Å². The molecule has 0 fully saturated rings. The number of aromatic nitrogens is 2. The summed E-state index contributed by atoms with van der Waals surface area (Å²) < 4.78 is 0. The Morgan fingerprint density at radius 3 is 2.95 bits per heavy atom. The van der Waals surface area contributed by atoms with Gasteiger partial charge in [-0.2, -0.15) is 5.10 Å². The minimum atomic E-state index is -0.110. The lowest BCUT2D eigenvalue weighted by Crippen LogP contribution is -2.21. The zero-order valence-corrected chi connectivity index (χ0v) is 12.0. The average Bonchev–Trinajstić information content (AvgIpc) is 3.12. The Balaban J connectivity index is 1.62. The first kappa shape index (κ1) is 12.5. The molecule has 4 nitrogen and oxygen atoms in total. The Morgan fingerprint density at radius 1 is 1.19 bits per heavy atom. The van der Waals surface area contributed by atoms with Crippen molar-refractivity contribution in [1.29, 1.82) is 0 Å². The highest BCUT2D eigenvalue weighted by Gasteiger charge is 2.29. The van der Waals surface area contributed by atoms with Gasteiger partial charge in [0.1, 0.15) is 0 Å². The predicted octanol–water partition coefficient (Wildman–Crippen LogP) is 3.39. The van der Waals surface area contributed by atoms with E-state index in [-0.39, 0.29) is 11.8 Å². The maximum absolute atomic E-state index is 12.5. The van der Waals surface area contributed by atoms with Gasteiger partial charge < -0.3 is 5.32 Å². The number of hydrogen-bond acceptors (Lipinski definition) is 3. The first-order valence-corrected chi connectivity index (χ1v) is 7.77. The first-order chi connectivity index (χ1) is 10.3. The zero-order valence-electron chi connectivity index (χ0n) is 11.2. The van der Waals surface area contributed by atoms with Gasteiger partial charge >= 0.3 is 0 Å². The molecule has 1 atom stereocenters. The van der Waals surface area contributed by atoms with Crippen molar-refractivity contribution >= 4 is 34.4 Å². The lowest BCUT2D eigenvalue weighted by molar-refractivity contribution is -0.117. The van der Waals surface area contributed by atoms with Crippen LogP contribution in [0.2, 0.25) is 0 Å². The van der Waals surface area contributed by atoms with E-state index in [0.29, 0.717) is 5.82 Å². The van der Waals surface area contributed by atoms with Crippen LogP contribution >= 0.6 is 11.8 Å². The predicted molar refractivity (Wildman–Crippen MR) is 84.6 cm³/mol. The van der Waals surface area contributed by atoms with E-state index in [1.54, 1.807) is 11.8 Å². The van der Waals surface area contributed by atoms with Gasteiger partial charge in [-0.1, -0.05) is 30.3 Å². The number of H-pyrrole nitrogens is 1. The smallest absolute Gasteiger partial charge is 0.234 e. The van der Waals surface area contributed by atoms with Gasteiger partial charge in [0.15, 0.2) is 5.82 Å². The molecule has 2 heterocycles. The van der Waals surface area contributed by atoms with Gasteiger partial charge in [0.05, 0.1) is 11.4 Å². The fourth-order valence-corrected chi connectivity index (χ4v) is 3.87. The molecule has 1 aliphatic heterocycles. The van der Waals surface area contributed by atoms with E-state index in [1.165, 1.54) is 4.90 Å². The summed E-state index contributed by atoms with van der Waals surface area (Å²) in [6.45, 7) is 0. The quantitative estimate of drug-likeness (QED) is 0.762. The molecular weight excluding hydrogens is 282 g/mol. The van der Waals surface area contributed by atoms with Crippen LogP contribution in [0.5, 0.6) is 0 Å². The number of fused-ring (bicyclic) bond motifs is 2. The maximum atomic E-state index is 12.5. The van der Waals surface area contributed by atoms with Crippen LogP contribution in [0.4, 0.5) is 5.82 Å². The summed E-state index contributed by atoms with van der Waals surface area (Å²) in [6.07, 6.45) is 0. The Hall–Kier alpha value is -2.27. The normalized spacial score (nSPS) is 16.9. The number of hydrogen-bond donors (Lipinski definition) is 2. The third kappa shape index (κ3) is 2.10. The van der Waals surface area contributed by atoms with Crippen LogP contribution in [-0.2, 0) is 4.79 Å². The molecule has 0 radical (unpaired) electrons. The fourth-order valence-electron chi connectivity index (χ4n) is 2.64. The van der Waals surface area contributed by atoms with E-state index >= 15 is 0 Å². The minimum absolute atomic E-state index is 0.00435. The molecule has 0 saturated heterocycles. The summed E-state index contributed by atoms with van der Waals surface area (Å²) in [4.78, 5) is 13.7. The highest BCUT2D eigenvalue weighted by Crippen LogP contribution is 2.39. The van der Waals surface area contributed by atoms with Gasteiger partial charge in [0.2, 0.25) is 5.91 Å². The van der Waals surface area contributed by atoms with E-state index < -0.39 is 0 Å². The second-order valence-electron chi connectivity index (χ2n) is 5.01. The van der Waals surface area contributed by atoms with Crippen LogP contribution in [0.1, 0.15) is 11.5 Å². The highest BCUT2D eigenvalue weighted by molar-refractivity contribution is 7.99.